The number of hydrogen-bond donors (Lipinski definition) is 1. The van der Waals surface area contributed by atoms with Crippen LogP contribution in [0.15, 0.2) is 59.5 Å². The van der Waals surface area contributed by atoms with Crippen molar-refractivity contribution >= 4 is 35.3 Å². The van der Waals surface area contributed by atoms with Crippen LogP contribution in [0.3, 0.4) is 0 Å². The number of hydrogen-bond acceptors (Lipinski definition) is 4. The summed E-state index contributed by atoms with van der Waals surface area (Å²) in [7, 11) is 0. The molecule has 0 aromatic heterocycles. The molecule has 5 rings (SSSR count). The van der Waals surface area contributed by atoms with Gasteiger partial charge in [-0.2, -0.15) is 0 Å². The Morgan fingerprint density at radius 3 is 2.62 bits per heavy atom. The highest BCUT2D eigenvalue weighted by Crippen LogP contribution is 2.43. The molecule has 2 aliphatic heterocycles. The summed E-state index contributed by atoms with van der Waals surface area (Å²) >= 11 is 1.72. The molecule has 1 N–H and O–H groups in total. The van der Waals surface area contributed by atoms with E-state index in [1.54, 1.807) is 16.7 Å². The van der Waals surface area contributed by atoms with E-state index in [1.165, 1.54) is 0 Å². The standard InChI is InChI=1S/C25H27N3O3S/c1-17-9-7-8-14-25(17)23(30)27(24(31)26-25)15-22(29)28-19-12-5-6-13-21(19)32-16-20(28)18-10-3-2-4-11-18/h2-6,10-13,17,20H,7-9,14-16H2,1H3,(H,26,31). The van der Waals surface area contributed by atoms with Crippen molar-refractivity contribution in [1.82, 2.24) is 10.2 Å². The number of fused-ring (bicyclic) bond motifs is 1. The third-order valence-electron chi connectivity index (χ3n) is 7.08. The van der Waals surface area contributed by atoms with E-state index >= 15 is 0 Å². The molecule has 0 bridgehead atoms. The Labute approximate surface area is 192 Å². The maximum Gasteiger partial charge on any atom is 0.325 e. The molecular weight excluding hydrogens is 422 g/mol. The molecule has 1 spiro atoms. The van der Waals surface area contributed by atoms with Crippen LogP contribution < -0.4 is 10.2 Å². The molecule has 4 amide bonds. The zero-order valence-corrected chi connectivity index (χ0v) is 18.9. The van der Waals surface area contributed by atoms with Gasteiger partial charge in [-0.15, -0.1) is 11.8 Å². The van der Waals surface area contributed by atoms with Crippen LogP contribution in [0.4, 0.5) is 10.5 Å². The van der Waals surface area contributed by atoms with E-state index in [0.717, 1.165) is 40.3 Å². The van der Waals surface area contributed by atoms with Crippen LogP contribution in [0.25, 0.3) is 0 Å². The van der Waals surface area contributed by atoms with Crippen LogP contribution in [0.1, 0.15) is 44.2 Å². The SMILES string of the molecule is CC1CCCCC12NC(=O)N(CC(=O)N1c3ccccc3SCC1c1ccccc1)C2=O. The number of carbonyl (C=O) groups excluding carboxylic acids is 3. The van der Waals surface area contributed by atoms with Gasteiger partial charge in [0.05, 0.1) is 11.7 Å². The molecule has 3 unspecified atom stereocenters. The molecule has 2 aromatic carbocycles. The zero-order chi connectivity index (χ0) is 22.3. The Bertz CT molecular complexity index is 1060. The van der Waals surface area contributed by atoms with E-state index in [9.17, 15) is 14.4 Å². The van der Waals surface area contributed by atoms with Gasteiger partial charge in [0.1, 0.15) is 12.1 Å². The van der Waals surface area contributed by atoms with Crippen molar-refractivity contribution in [3.8, 4) is 0 Å². The second-order valence-corrected chi connectivity index (χ2v) is 9.97. The molecule has 2 fully saturated rings. The van der Waals surface area contributed by atoms with Crippen LogP contribution in [0.5, 0.6) is 0 Å². The first-order valence-corrected chi connectivity index (χ1v) is 12.2. The molecule has 0 radical (unpaired) electrons. The summed E-state index contributed by atoms with van der Waals surface area (Å²) in [6.45, 7) is 1.77. The molecular formula is C25H27N3O3S. The van der Waals surface area contributed by atoms with Crippen LogP contribution in [-0.4, -0.2) is 40.6 Å². The summed E-state index contributed by atoms with van der Waals surface area (Å²) in [5, 5.41) is 2.95. The Balaban J connectivity index is 1.45. The molecule has 1 aliphatic carbocycles. The Morgan fingerprint density at radius 1 is 1.09 bits per heavy atom. The smallest absolute Gasteiger partial charge is 0.323 e. The maximum absolute atomic E-state index is 13.7. The van der Waals surface area contributed by atoms with E-state index in [-0.39, 0.29) is 30.3 Å². The number of thioether (sulfide) groups is 1. The third-order valence-corrected chi connectivity index (χ3v) is 8.22. The van der Waals surface area contributed by atoms with Gasteiger partial charge in [0.15, 0.2) is 0 Å². The van der Waals surface area contributed by atoms with E-state index in [0.29, 0.717) is 12.2 Å². The fourth-order valence-electron chi connectivity index (χ4n) is 5.27. The molecule has 2 heterocycles. The summed E-state index contributed by atoms with van der Waals surface area (Å²) in [6, 6.07) is 17.1. The minimum Gasteiger partial charge on any atom is -0.323 e. The molecule has 3 atom stereocenters. The van der Waals surface area contributed by atoms with Crippen molar-refractivity contribution in [2.75, 3.05) is 17.2 Å². The predicted molar refractivity (Wildman–Crippen MR) is 124 cm³/mol. The Morgan fingerprint density at radius 2 is 1.84 bits per heavy atom. The lowest BCUT2D eigenvalue weighted by Crippen LogP contribution is -2.54. The molecule has 166 valence electrons. The first-order valence-electron chi connectivity index (χ1n) is 11.2. The number of para-hydroxylation sites is 1. The van der Waals surface area contributed by atoms with Gasteiger partial charge in [-0.25, -0.2) is 4.79 Å². The predicted octanol–water partition coefficient (Wildman–Crippen LogP) is 4.37. The number of benzene rings is 2. The molecule has 2 aromatic rings. The topological polar surface area (TPSA) is 69.7 Å². The molecule has 1 saturated heterocycles. The van der Waals surface area contributed by atoms with Crippen molar-refractivity contribution in [3.63, 3.8) is 0 Å². The first-order chi connectivity index (χ1) is 15.5. The highest BCUT2D eigenvalue weighted by atomic mass is 32.2. The van der Waals surface area contributed by atoms with Gasteiger partial charge < -0.3 is 10.2 Å². The van der Waals surface area contributed by atoms with Gasteiger partial charge in [-0.05, 0) is 36.5 Å². The molecule has 32 heavy (non-hydrogen) atoms. The van der Waals surface area contributed by atoms with Gasteiger partial charge in [-0.1, -0.05) is 62.2 Å². The van der Waals surface area contributed by atoms with Gasteiger partial charge >= 0.3 is 6.03 Å². The molecule has 3 aliphatic rings. The number of carbonyl (C=O) groups is 3. The minimum atomic E-state index is -0.857. The minimum absolute atomic E-state index is 0.0666. The van der Waals surface area contributed by atoms with Gasteiger partial charge in [0, 0.05) is 10.6 Å². The van der Waals surface area contributed by atoms with E-state index in [1.807, 2.05) is 61.5 Å². The second-order valence-electron chi connectivity index (χ2n) is 8.91. The van der Waals surface area contributed by atoms with Crippen molar-refractivity contribution in [3.05, 3.63) is 60.2 Å². The molecule has 1 saturated carbocycles. The van der Waals surface area contributed by atoms with E-state index < -0.39 is 11.6 Å². The summed E-state index contributed by atoms with van der Waals surface area (Å²) in [5.41, 5.74) is 1.01. The average Bonchev–Trinajstić information content (AvgIpc) is 3.05. The fraction of sp³-hybridized carbons (Fsp3) is 0.400. The molecule has 6 nitrogen and oxygen atoms in total. The van der Waals surface area contributed by atoms with Gasteiger partial charge in [0.2, 0.25) is 5.91 Å². The lowest BCUT2D eigenvalue weighted by molar-refractivity contribution is -0.136. The Kier molecular flexibility index (Phi) is 5.45. The van der Waals surface area contributed by atoms with Crippen molar-refractivity contribution in [2.24, 2.45) is 5.92 Å². The molecule has 7 heteroatoms. The quantitative estimate of drug-likeness (QED) is 0.707. The first kappa shape index (κ1) is 21.1. The lowest BCUT2D eigenvalue weighted by Gasteiger charge is -2.38. The summed E-state index contributed by atoms with van der Waals surface area (Å²) in [5.74, 6) is 0.292. The number of urea groups is 1. The van der Waals surface area contributed by atoms with Crippen molar-refractivity contribution in [1.29, 1.82) is 0 Å². The van der Waals surface area contributed by atoms with Crippen molar-refractivity contribution in [2.45, 2.75) is 49.1 Å². The summed E-state index contributed by atoms with van der Waals surface area (Å²) in [6.07, 6.45) is 3.51. The monoisotopic (exact) mass is 449 g/mol. The van der Waals surface area contributed by atoms with Crippen LogP contribution in [0, 0.1) is 5.92 Å². The van der Waals surface area contributed by atoms with E-state index in [4.69, 9.17) is 0 Å². The number of nitrogens with zero attached hydrogens (tertiary/aromatic N) is 2. The normalized spacial score (nSPS) is 27.4. The van der Waals surface area contributed by atoms with Gasteiger partial charge in [-0.3, -0.25) is 14.5 Å². The highest BCUT2D eigenvalue weighted by Gasteiger charge is 2.55. The number of rotatable bonds is 3. The number of anilines is 1. The average molecular weight is 450 g/mol. The lowest BCUT2D eigenvalue weighted by atomic mass is 9.73. The largest absolute Gasteiger partial charge is 0.325 e. The summed E-state index contributed by atoms with van der Waals surface area (Å²) < 4.78 is 0. The third kappa shape index (κ3) is 3.39. The zero-order valence-electron chi connectivity index (χ0n) is 18.1. The number of imide groups is 1. The number of amides is 4. The van der Waals surface area contributed by atoms with Crippen LogP contribution in [-0.2, 0) is 9.59 Å². The van der Waals surface area contributed by atoms with Crippen molar-refractivity contribution < 1.29 is 14.4 Å². The fourth-order valence-corrected chi connectivity index (χ4v) is 6.44. The number of nitrogens with one attached hydrogen (secondary N) is 1. The van der Waals surface area contributed by atoms with E-state index in [2.05, 4.69) is 5.32 Å². The van der Waals surface area contributed by atoms with Gasteiger partial charge in [0.25, 0.3) is 5.91 Å². The Hall–Kier alpha value is -2.80. The highest BCUT2D eigenvalue weighted by molar-refractivity contribution is 7.99. The van der Waals surface area contributed by atoms with Crippen LogP contribution in [0.2, 0.25) is 0 Å². The van der Waals surface area contributed by atoms with Crippen LogP contribution >= 0.6 is 11.8 Å². The maximum atomic E-state index is 13.7. The summed E-state index contributed by atoms with van der Waals surface area (Å²) in [4.78, 5) is 43.9. The second kappa shape index (κ2) is 8.28.